The molecular formula is C14H11Br2NO4. The highest BCUT2D eigenvalue weighted by Gasteiger charge is 2.17. The first kappa shape index (κ1) is 15.9. The first-order valence-electron chi connectivity index (χ1n) is 5.98. The van der Waals surface area contributed by atoms with Gasteiger partial charge in [0.05, 0.1) is 15.5 Å². The van der Waals surface area contributed by atoms with Crippen LogP contribution in [0, 0.1) is 10.1 Å². The third-order valence-corrected chi connectivity index (χ3v) is 4.21. The Morgan fingerprint density at radius 3 is 2.52 bits per heavy atom. The van der Waals surface area contributed by atoms with E-state index in [1.165, 1.54) is 6.07 Å². The Morgan fingerprint density at radius 1 is 1.24 bits per heavy atom. The molecular weight excluding hydrogens is 406 g/mol. The summed E-state index contributed by atoms with van der Waals surface area (Å²) in [6.07, 6.45) is -0.583. The summed E-state index contributed by atoms with van der Waals surface area (Å²) in [5.41, 5.74) is 0.677. The Balaban J connectivity index is 2.35. The summed E-state index contributed by atoms with van der Waals surface area (Å²) in [7, 11) is 0. The molecule has 0 radical (unpaired) electrons. The lowest BCUT2D eigenvalue weighted by atomic mass is 10.1. The fourth-order valence-electron chi connectivity index (χ4n) is 1.70. The van der Waals surface area contributed by atoms with E-state index in [2.05, 4.69) is 31.9 Å². The Hall–Kier alpha value is -1.44. The van der Waals surface area contributed by atoms with Crippen LogP contribution >= 0.6 is 31.9 Å². The van der Waals surface area contributed by atoms with Gasteiger partial charge in [-0.3, -0.25) is 10.1 Å². The minimum atomic E-state index is -0.583. The van der Waals surface area contributed by atoms with E-state index in [0.717, 1.165) is 5.56 Å². The second-order valence-electron chi connectivity index (χ2n) is 4.31. The number of aliphatic hydroxyl groups excluding tert-OH is 1. The van der Waals surface area contributed by atoms with Crippen molar-refractivity contribution in [2.24, 2.45) is 0 Å². The van der Waals surface area contributed by atoms with Gasteiger partial charge in [-0.25, -0.2) is 0 Å². The lowest BCUT2D eigenvalue weighted by Gasteiger charge is -2.11. The summed E-state index contributed by atoms with van der Waals surface area (Å²) in [5.74, 6) is 0.843. The van der Waals surface area contributed by atoms with E-state index < -0.39 is 11.0 Å². The zero-order valence-electron chi connectivity index (χ0n) is 10.9. The summed E-state index contributed by atoms with van der Waals surface area (Å²) >= 11 is 6.54. The van der Waals surface area contributed by atoms with Gasteiger partial charge in [0.25, 0.3) is 5.69 Å². The molecule has 21 heavy (non-hydrogen) atoms. The standard InChI is InChI=1S/C14H11Br2NO4/c1-8(18)9-5-6-12(10(15)7-9)21-13-4-2-3-11(14(13)16)17(19)20/h2-8,18H,1H3. The van der Waals surface area contributed by atoms with Crippen molar-refractivity contribution in [1.82, 2.24) is 0 Å². The molecule has 2 aromatic carbocycles. The Kier molecular flexibility index (Phi) is 4.97. The highest BCUT2D eigenvalue weighted by molar-refractivity contribution is 9.11. The Labute approximate surface area is 138 Å². The lowest BCUT2D eigenvalue weighted by Crippen LogP contribution is -1.94. The van der Waals surface area contributed by atoms with Crippen molar-refractivity contribution in [3.8, 4) is 11.5 Å². The molecule has 1 N–H and O–H groups in total. The maximum Gasteiger partial charge on any atom is 0.287 e. The van der Waals surface area contributed by atoms with Gasteiger partial charge < -0.3 is 9.84 Å². The fourth-order valence-corrected chi connectivity index (χ4v) is 2.66. The number of benzene rings is 2. The van der Waals surface area contributed by atoms with Gasteiger partial charge in [-0.05, 0) is 62.5 Å². The molecule has 2 rings (SSSR count). The van der Waals surface area contributed by atoms with Crippen LogP contribution in [-0.2, 0) is 0 Å². The SMILES string of the molecule is CC(O)c1ccc(Oc2cccc([N+](=O)[O-])c2Br)c(Br)c1. The monoisotopic (exact) mass is 415 g/mol. The van der Waals surface area contributed by atoms with Crippen LogP contribution in [0.3, 0.4) is 0 Å². The third kappa shape index (κ3) is 3.61. The van der Waals surface area contributed by atoms with Crippen molar-refractivity contribution >= 4 is 37.5 Å². The van der Waals surface area contributed by atoms with Crippen LogP contribution in [0.15, 0.2) is 45.3 Å². The molecule has 0 aliphatic rings. The number of rotatable bonds is 4. The fraction of sp³-hybridized carbons (Fsp3) is 0.143. The van der Waals surface area contributed by atoms with E-state index in [1.807, 2.05) is 0 Å². The van der Waals surface area contributed by atoms with Crippen LogP contribution in [0.5, 0.6) is 11.5 Å². The highest BCUT2D eigenvalue weighted by atomic mass is 79.9. The van der Waals surface area contributed by atoms with Gasteiger partial charge >= 0.3 is 0 Å². The summed E-state index contributed by atoms with van der Waals surface area (Å²) in [5, 5.41) is 20.4. The Morgan fingerprint density at radius 2 is 1.95 bits per heavy atom. The largest absolute Gasteiger partial charge is 0.455 e. The van der Waals surface area contributed by atoms with Gasteiger partial charge in [0.1, 0.15) is 16.0 Å². The second-order valence-corrected chi connectivity index (χ2v) is 5.96. The average Bonchev–Trinajstić information content (AvgIpc) is 2.42. The van der Waals surface area contributed by atoms with E-state index >= 15 is 0 Å². The number of halogens is 2. The molecule has 2 aromatic rings. The molecule has 0 aromatic heterocycles. The zero-order chi connectivity index (χ0) is 15.6. The first-order chi connectivity index (χ1) is 9.90. The molecule has 1 unspecified atom stereocenters. The minimum absolute atomic E-state index is 0.0655. The van der Waals surface area contributed by atoms with Crippen molar-refractivity contribution in [3.63, 3.8) is 0 Å². The van der Waals surface area contributed by atoms with Gasteiger partial charge in [0.2, 0.25) is 0 Å². The number of aliphatic hydroxyl groups is 1. The van der Waals surface area contributed by atoms with E-state index in [9.17, 15) is 15.2 Å². The summed E-state index contributed by atoms with van der Waals surface area (Å²) in [4.78, 5) is 10.4. The average molecular weight is 417 g/mol. The molecule has 0 heterocycles. The highest BCUT2D eigenvalue weighted by Crippen LogP contribution is 2.39. The molecule has 0 saturated heterocycles. The van der Waals surface area contributed by atoms with Crippen LogP contribution in [0.25, 0.3) is 0 Å². The van der Waals surface area contributed by atoms with Crippen LogP contribution in [0.1, 0.15) is 18.6 Å². The molecule has 0 saturated carbocycles. The normalized spacial score (nSPS) is 12.0. The maximum atomic E-state index is 10.9. The van der Waals surface area contributed by atoms with Crippen LogP contribution < -0.4 is 4.74 Å². The lowest BCUT2D eigenvalue weighted by molar-refractivity contribution is -0.385. The van der Waals surface area contributed by atoms with Gasteiger partial charge in [-0.2, -0.15) is 0 Å². The van der Waals surface area contributed by atoms with Crippen LogP contribution in [-0.4, -0.2) is 10.0 Å². The summed E-state index contributed by atoms with van der Waals surface area (Å²) in [6.45, 7) is 1.67. The van der Waals surface area contributed by atoms with Gasteiger partial charge in [0, 0.05) is 6.07 Å². The van der Waals surface area contributed by atoms with Crippen LogP contribution in [0.4, 0.5) is 5.69 Å². The predicted octanol–water partition coefficient (Wildman–Crippen LogP) is 4.97. The molecule has 1 atom stereocenters. The summed E-state index contributed by atoms with van der Waals surface area (Å²) < 4.78 is 6.62. The summed E-state index contributed by atoms with van der Waals surface area (Å²) in [6, 6.07) is 9.74. The third-order valence-electron chi connectivity index (χ3n) is 2.80. The van der Waals surface area contributed by atoms with Crippen molar-refractivity contribution in [3.05, 3.63) is 61.0 Å². The predicted molar refractivity (Wildman–Crippen MR) is 85.6 cm³/mol. The van der Waals surface area contributed by atoms with Crippen LogP contribution in [0.2, 0.25) is 0 Å². The topological polar surface area (TPSA) is 72.6 Å². The van der Waals surface area contributed by atoms with E-state index in [1.54, 1.807) is 37.3 Å². The van der Waals surface area contributed by atoms with Gasteiger partial charge in [-0.15, -0.1) is 0 Å². The second kappa shape index (κ2) is 6.55. The van der Waals surface area contributed by atoms with Crippen molar-refractivity contribution in [1.29, 1.82) is 0 Å². The van der Waals surface area contributed by atoms with Gasteiger partial charge in [0.15, 0.2) is 0 Å². The van der Waals surface area contributed by atoms with E-state index in [4.69, 9.17) is 4.74 Å². The number of ether oxygens (including phenoxy) is 1. The zero-order valence-corrected chi connectivity index (χ0v) is 14.1. The molecule has 7 heteroatoms. The maximum absolute atomic E-state index is 10.9. The molecule has 0 aliphatic carbocycles. The van der Waals surface area contributed by atoms with Gasteiger partial charge in [-0.1, -0.05) is 12.1 Å². The number of hydrogen-bond acceptors (Lipinski definition) is 4. The molecule has 0 aliphatic heterocycles. The number of hydrogen-bond donors (Lipinski definition) is 1. The van der Waals surface area contributed by atoms with E-state index in [0.29, 0.717) is 16.0 Å². The number of nitro groups is 1. The smallest absolute Gasteiger partial charge is 0.287 e. The van der Waals surface area contributed by atoms with Crippen molar-refractivity contribution < 1.29 is 14.8 Å². The molecule has 0 bridgehead atoms. The minimum Gasteiger partial charge on any atom is -0.455 e. The molecule has 0 fully saturated rings. The molecule has 110 valence electrons. The van der Waals surface area contributed by atoms with E-state index in [-0.39, 0.29) is 10.2 Å². The Bertz CT molecular complexity index is 689. The number of nitro benzene ring substituents is 1. The number of nitrogens with zero attached hydrogens (tertiary/aromatic N) is 1. The molecule has 0 spiro atoms. The quantitative estimate of drug-likeness (QED) is 0.564. The molecule has 0 amide bonds. The van der Waals surface area contributed by atoms with Crippen molar-refractivity contribution in [2.75, 3.05) is 0 Å². The molecule has 5 nitrogen and oxygen atoms in total. The van der Waals surface area contributed by atoms with Crippen molar-refractivity contribution in [2.45, 2.75) is 13.0 Å². The first-order valence-corrected chi connectivity index (χ1v) is 7.57.